The Morgan fingerprint density at radius 1 is 1.50 bits per heavy atom. The van der Waals surface area contributed by atoms with Crippen molar-refractivity contribution in [1.29, 1.82) is 0 Å². The Labute approximate surface area is 141 Å². The van der Waals surface area contributed by atoms with Gasteiger partial charge in [-0.2, -0.15) is 5.10 Å². The van der Waals surface area contributed by atoms with Crippen molar-refractivity contribution in [2.24, 2.45) is 0 Å². The third kappa shape index (κ3) is 3.55. The van der Waals surface area contributed by atoms with Crippen molar-refractivity contribution in [2.45, 2.75) is 58.7 Å². The third-order valence-electron chi connectivity index (χ3n) is 3.93. The Morgan fingerprint density at radius 3 is 3.08 bits per heavy atom. The summed E-state index contributed by atoms with van der Waals surface area (Å²) in [5, 5.41) is 7.88. The van der Waals surface area contributed by atoms with Crippen LogP contribution in [0.3, 0.4) is 0 Å². The summed E-state index contributed by atoms with van der Waals surface area (Å²) < 4.78 is 7.25. The Morgan fingerprint density at radius 2 is 2.33 bits per heavy atom. The van der Waals surface area contributed by atoms with E-state index in [1.807, 2.05) is 18.5 Å². The van der Waals surface area contributed by atoms with Crippen LogP contribution in [0.5, 0.6) is 0 Å². The zero-order valence-electron chi connectivity index (χ0n) is 14.3. The molecule has 0 fully saturated rings. The first-order valence-corrected chi connectivity index (χ1v) is 8.42. The lowest BCUT2D eigenvalue weighted by Gasteiger charge is -2.24. The Hall–Kier alpha value is -2.44. The van der Waals surface area contributed by atoms with Gasteiger partial charge in [-0.05, 0) is 32.4 Å². The van der Waals surface area contributed by atoms with Crippen molar-refractivity contribution < 1.29 is 9.53 Å². The van der Waals surface area contributed by atoms with Gasteiger partial charge in [0.1, 0.15) is 17.2 Å². The number of fused-ring (bicyclic) bond motifs is 1. The quantitative estimate of drug-likeness (QED) is 0.847. The SMILES string of the molecule is CCc1nc2n(n1)CC(Nc1ncccc1C(=O)OC(C)C)CC2. The van der Waals surface area contributed by atoms with Crippen LogP contribution in [-0.2, 0) is 24.1 Å². The number of rotatable bonds is 5. The van der Waals surface area contributed by atoms with E-state index < -0.39 is 0 Å². The molecule has 128 valence electrons. The fourth-order valence-electron chi connectivity index (χ4n) is 2.78. The Kier molecular flexibility index (Phi) is 4.78. The van der Waals surface area contributed by atoms with Crippen molar-refractivity contribution in [2.75, 3.05) is 5.32 Å². The van der Waals surface area contributed by atoms with Gasteiger partial charge in [0.15, 0.2) is 5.82 Å². The molecule has 0 saturated heterocycles. The maximum Gasteiger partial charge on any atom is 0.342 e. The van der Waals surface area contributed by atoms with Gasteiger partial charge >= 0.3 is 5.97 Å². The molecule has 2 aromatic rings. The first-order chi connectivity index (χ1) is 11.6. The van der Waals surface area contributed by atoms with Crippen LogP contribution in [0.15, 0.2) is 18.3 Å². The van der Waals surface area contributed by atoms with Gasteiger partial charge in [0.05, 0.1) is 12.6 Å². The molecule has 0 aliphatic carbocycles. The molecule has 3 rings (SSSR count). The van der Waals surface area contributed by atoms with E-state index in [0.29, 0.717) is 11.4 Å². The first-order valence-electron chi connectivity index (χ1n) is 8.42. The summed E-state index contributed by atoms with van der Waals surface area (Å²) in [4.78, 5) is 21.1. The summed E-state index contributed by atoms with van der Waals surface area (Å²) in [7, 11) is 0. The van der Waals surface area contributed by atoms with Crippen LogP contribution < -0.4 is 5.32 Å². The lowest BCUT2D eigenvalue weighted by Crippen LogP contribution is -2.33. The molecule has 1 atom stereocenters. The minimum Gasteiger partial charge on any atom is -0.459 e. The van der Waals surface area contributed by atoms with Gasteiger partial charge in [0.2, 0.25) is 0 Å². The predicted molar refractivity (Wildman–Crippen MR) is 89.9 cm³/mol. The summed E-state index contributed by atoms with van der Waals surface area (Å²) in [6.45, 7) is 6.44. The highest BCUT2D eigenvalue weighted by atomic mass is 16.5. The molecule has 0 saturated carbocycles. The maximum atomic E-state index is 12.2. The summed E-state index contributed by atoms with van der Waals surface area (Å²) in [5.41, 5.74) is 0.463. The highest BCUT2D eigenvalue weighted by Gasteiger charge is 2.23. The van der Waals surface area contributed by atoms with Gasteiger partial charge in [-0.25, -0.2) is 19.4 Å². The molecular formula is C17H23N5O2. The molecule has 0 bridgehead atoms. The number of nitrogens with zero attached hydrogens (tertiary/aromatic N) is 4. The van der Waals surface area contributed by atoms with Crippen LogP contribution >= 0.6 is 0 Å². The third-order valence-corrected chi connectivity index (χ3v) is 3.93. The van der Waals surface area contributed by atoms with Crippen molar-refractivity contribution in [3.8, 4) is 0 Å². The fourth-order valence-corrected chi connectivity index (χ4v) is 2.78. The van der Waals surface area contributed by atoms with Crippen LogP contribution in [-0.4, -0.2) is 37.9 Å². The highest BCUT2D eigenvalue weighted by Crippen LogP contribution is 2.20. The number of aromatic nitrogens is 4. The van der Waals surface area contributed by atoms with Gasteiger partial charge in [-0.15, -0.1) is 0 Å². The number of carbonyl (C=O) groups excluding carboxylic acids is 1. The van der Waals surface area contributed by atoms with E-state index in [-0.39, 0.29) is 18.1 Å². The van der Waals surface area contributed by atoms with Crippen molar-refractivity contribution in [3.05, 3.63) is 35.5 Å². The molecule has 3 heterocycles. The second-order valence-corrected chi connectivity index (χ2v) is 6.21. The molecule has 0 radical (unpaired) electrons. The molecule has 7 heteroatoms. The number of carbonyl (C=O) groups is 1. The second-order valence-electron chi connectivity index (χ2n) is 6.21. The van der Waals surface area contributed by atoms with Crippen LogP contribution in [0.25, 0.3) is 0 Å². The van der Waals surface area contributed by atoms with Crippen molar-refractivity contribution >= 4 is 11.8 Å². The molecule has 2 aromatic heterocycles. The number of hydrogen-bond donors (Lipinski definition) is 1. The summed E-state index contributed by atoms with van der Waals surface area (Å²) in [6, 6.07) is 3.63. The van der Waals surface area contributed by atoms with Crippen LogP contribution in [0.2, 0.25) is 0 Å². The Balaban J connectivity index is 1.74. The van der Waals surface area contributed by atoms with Crippen LogP contribution in [0.1, 0.15) is 49.2 Å². The van der Waals surface area contributed by atoms with E-state index in [2.05, 4.69) is 27.3 Å². The average molecular weight is 329 g/mol. The number of aryl methyl sites for hydroxylation is 2. The molecule has 1 unspecified atom stereocenters. The van der Waals surface area contributed by atoms with Gasteiger partial charge in [0.25, 0.3) is 0 Å². The zero-order valence-corrected chi connectivity index (χ0v) is 14.3. The highest BCUT2D eigenvalue weighted by molar-refractivity contribution is 5.94. The average Bonchev–Trinajstić information content (AvgIpc) is 2.97. The van der Waals surface area contributed by atoms with E-state index >= 15 is 0 Å². The minimum absolute atomic E-state index is 0.157. The van der Waals surface area contributed by atoms with E-state index in [4.69, 9.17) is 4.74 Å². The molecule has 0 amide bonds. The lowest BCUT2D eigenvalue weighted by atomic mass is 10.1. The molecule has 0 aromatic carbocycles. The summed E-state index contributed by atoms with van der Waals surface area (Å²) >= 11 is 0. The Bertz CT molecular complexity index is 726. The van der Waals surface area contributed by atoms with E-state index in [1.54, 1.807) is 18.3 Å². The van der Waals surface area contributed by atoms with E-state index in [9.17, 15) is 4.79 Å². The number of pyridine rings is 1. The minimum atomic E-state index is -0.355. The van der Waals surface area contributed by atoms with Crippen LogP contribution in [0.4, 0.5) is 5.82 Å². The van der Waals surface area contributed by atoms with E-state index in [1.165, 1.54) is 0 Å². The van der Waals surface area contributed by atoms with Crippen LogP contribution in [0, 0.1) is 0 Å². The largest absolute Gasteiger partial charge is 0.459 e. The standard InChI is InChI=1S/C17H23N5O2/c1-4-14-20-15-8-7-12(10-22(15)21-14)19-16-13(6-5-9-18-16)17(23)24-11(2)3/h5-6,9,11-12H,4,7-8,10H2,1-3H3,(H,18,19). The van der Waals surface area contributed by atoms with Gasteiger partial charge in [-0.1, -0.05) is 6.92 Å². The van der Waals surface area contributed by atoms with Crippen molar-refractivity contribution in [1.82, 2.24) is 19.7 Å². The normalized spacial score (nSPS) is 16.8. The van der Waals surface area contributed by atoms with E-state index in [0.717, 1.165) is 37.5 Å². The number of nitrogens with one attached hydrogen (secondary N) is 1. The number of anilines is 1. The second kappa shape index (κ2) is 6.98. The zero-order chi connectivity index (χ0) is 17.1. The topological polar surface area (TPSA) is 81.9 Å². The fraction of sp³-hybridized carbons (Fsp3) is 0.529. The predicted octanol–water partition coefficient (Wildman–Crippen LogP) is 2.23. The molecule has 1 aliphatic rings. The summed E-state index contributed by atoms with van der Waals surface area (Å²) in [5.74, 6) is 2.12. The van der Waals surface area contributed by atoms with Gasteiger partial charge in [-0.3, -0.25) is 0 Å². The lowest BCUT2D eigenvalue weighted by molar-refractivity contribution is 0.0378. The van der Waals surface area contributed by atoms with Crippen molar-refractivity contribution in [3.63, 3.8) is 0 Å². The monoisotopic (exact) mass is 329 g/mol. The molecule has 0 spiro atoms. The smallest absolute Gasteiger partial charge is 0.342 e. The number of ether oxygens (including phenoxy) is 1. The van der Waals surface area contributed by atoms with Gasteiger partial charge < -0.3 is 10.1 Å². The van der Waals surface area contributed by atoms with Gasteiger partial charge in [0, 0.05) is 25.1 Å². The molecule has 1 aliphatic heterocycles. The molecular weight excluding hydrogens is 306 g/mol. The molecule has 1 N–H and O–H groups in total. The number of hydrogen-bond acceptors (Lipinski definition) is 6. The summed E-state index contributed by atoms with van der Waals surface area (Å²) in [6.07, 6.45) is 4.14. The molecule has 24 heavy (non-hydrogen) atoms. The first kappa shape index (κ1) is 16.4. The number of esters is 1. The maximum absolute atomic E-state index is 12.2. The molecule has 7 nitrogen and oxygen atoms in total.